The summed E-state index contributed by atoms with van der Waals surface area (Å²) in [6, 6.07) is 9.55. The highest BCUT2D eigenvalue weighted by Gasteiger charge is 2.06. The van der Waals surface area contributed by atoms with Crippen LogP contribution < -0.4 is 0 Å². The molecule has 0 aromatic heterocycles. The first-order valence-corrected chi connectivity index (χ1v) is 4.52. The fourth-order valence-electron chi connectivity index (χ4n) is 1.23. The van der Waals surface area contributed by atoms with Crippen molar-refractivity contribution in [1.29, 1.82) is 0 Å². The van der Waals surface area contributed by atoms with Gasteiger partial charge in [-0.2, -0.15) is 0 Å². The van der Waals surface area contributed by atoms with E-state index < -0.39 is 6.10 Å². The molecule has 1 unspecified atom stereocenters. The molecular formula is C10H14N2O2. The van der Waals surface area contributed by atoms with Gasteiger partial charge in [0.05, 0.1) is 24.5 Å². The van der Waals surface area contributed by atoms with E-state index in [1.807, 2.05) is 30.3 Å². The van der Waals surface area contributed by atoms with Crippen molar-refractivity contribution in [3.05, 3.63) is 40.8 Å². The molecule has 4 heteroatoms. The molecule has 4 nitrogen and oxygen atoms in total. The molecule has 0 spiro atoms. The molecule has 1 rings (SSSR count). The molecule has 0 heterocycles. The van der Waals surface area contributed by atoms with Gasteiger partial charge in [-0.15, -0.1) is 4.91 Å². The standard InChI is InChI=1S/C10H14N2O2/c1-9(13)7-12(11-14)8-10-5-3-2-4-6-10/h2-6,9,13H,7-8H2,1H3. The third kappa shape index (κ3) is 3.53. The van der Waals surface area contributed by atoms with Crippen molar-refractivity contribution in [1.82, 2.24) is 5.01 Å². The largest absolute Gasteiger partial charge is 0.392 e. The molecule has 0 radical (unpaired) electrons. The van der Waals surface area contributed by atoms with Crippen LogP contribution in [0.1, 0.15) is 12.5 Å². The molecule has 1 N–H and O–H groups in total. The Bertz CT molecular complexity index is 275. The van der Waals surface area contributed by atoms with Gasteiger partial charge < -0.3 is 5.11 Å². The van der Waals surface area contributed by atoms with Crippen molar-refractivity contribution in [2.75, 3.05) is 6.54 Å². The number of aliphatic hydroxyl groups is 1. The Morgan fingerprint density at radius 3 is 2.57 bits per heavy atom. The zero-order chi connectivity index (χ0) is 10.4. The van der Waals surface area contributed by atoms with Crippen LogP contribution in [0.4, 0.5) is 0 Å². The van der Waals surface area contributed by atoms with E-state index >= 15 is 0 Å². The quantitative estimate of drug-likeness (QED) is 0.571. The van der Waals surface area contributed by atoms with Gasteiger partial charge in [0.2, 0.25) is 0 Å². The first-order chi connectivity index (χ1) is 6.72. The fourth-order valence-corrected chi connectivity index (χ4v) is 1.23. The predicted octanol–water partition coefficient (Wildman–Crippen LogP) is 1.55. The van der Waals surface area contributed by atoms with Gasteiger partial charge in [-0.25, -0.2) is 0 Å². The van der Waals surface area contributed by atoms with E-state index in [-0.39, 0.29) is 6.54 Å². The van der Waals surface area contributed by atoms with Crippen LogP contribution in [0.15, 0.2) is 35.6 Å². The van der Waals surface area contributed by atoms with Crippen LogP contribution in [0.3, 0.4) is 0 Å². The summed E-state index contributed by atoms with van der Waals surface area (Å²) in [5.74, 6) is 0. The Labute approximate surface area is 83.1 Å². The van der Waals surface area contributed by atoms with E-state index in [2.05, 4.69) is 5.29 Å². The SMILES string of the molecule is CC(O)CN(Cc1ccccc1)N=O. The summed E-state index contributed by atoms with van der Waals surface area (Å²) in [5, 5.41) is 13.2. The average Bonchev–Trinajstić information content (AvgIpc) is 2.17. The Morgan fingerprint density at radius 1 is 1.43 bits per heavy atom. The van der Waals surface area contributed by atoms with Crippen LogP contribution in [-0.2, 0) is 6.54 Å². The molecule has 0 aliphatic rings. The Kier molecular flexibility index (Phi) is 4.07. The molecule has 1 aromatic rings. The minimum atomic E-state index is -0.545. The lowest BCUT2D eigenvalue weighted by atomic mass is 10.2. The second kappa shape index (κ2) is 5.34. The second-order valence-electron chi connectivity index (χ2n) is 3.26. The van der Waals surface area contributed by atoms with Crippen molar-refractivity contribution in [3.63, 3.8) is 0 Å². The fraction of sp³-hybridized carbons (Fsp3) is 0.400. The molecule has 0 aliphatic heterocycles. The lowest BCUT2D eigenvalue weighted by molar-refractivity contribution is 0.124. The summed E-state index contributed by atoms with van der Waals surface area (Å²) in [4.78, 5) is 10.4. The van der Waals surface area contributed by atoms with Gasteiger partial charge in [-0.05, 0) is 12.5 Å². The number of nitrogens with zero attached hydrogens (tertiary/aromatic N) is 2. The number of hydrogen-bond acceptors (Lipinski definition) is 3. The highest BCUT2D eigenvalue weighted by molar-refractivity contribution is 5.14. The monoisotopic (exact) mass is 194 g/mol. The normalized spacial score (nSPS) is 12.1. The van der Waals surface area contributed by atoms with E-state index in [9.17, 15) is 4.91 Å². The molecule has 0 fully saturated rings. The van der Waals surface area contributed by atoms with Crippen LogP contribution in [0, 0.1) is 4.91 Å². The van der Waals surface area contributed by atoms with Gasteiger partial charge in [-0.1, -0.05) is 30.3 Å². The number of benzene rings is 1. The minimum Gasteiger partial charge on any atom is -0.392 e. The molecule has 1 atom stereocenters. The van der Waals surface area contributed by atoms with E-state index in [0.29, 0.717) is 6.54 Å². The van der Waals surface area contributed by atoms with Crippen LogP contribution in [0.2, 0.25) is 0 Å². The zero-order valence-corrected chi connectivity index (χ0v) is 8.13. The van der Waals surface area contributed by atoms with Crippen molar-refractivity contribution in [2.45, 2.75) is 19.6 Å². The maximum Gasteiger partial charge on any atom is 0.0705 e. The molecule has 0 saturated heterocycles. The third-order valence-electron chi connectivity index (χ3n) is 1.80. The van der Waals surface area contributed by atoms with Crippen LogP contribution in [0.25, 0.3) is 0 Å². The molecule has 0 aliphatic carbocycles. The van der Waals surface area contributed by atoms with Crippen molar-refractivity contribution in [3.8, 4) is 0 Å². The van der Waals surface area contributed by atoms with Gasteiger partial charge in [0.1, 0.15) is 0 Å². The van der Waals surface area contributed by atoms with Gasteiger partial charge in [-0.3, -0.25) is 5.01 Å². The molecule has 76 valence electrons. The molecular weight excluding hydrogens is 180 g/mol. The van der Waals surface area contributed by atoms with Gasteiger partial charge in [0.15, 0.2) is 0 Å². The summed E-state index contributed by atoms with van der Waals surface area (Å²) in [6.07, 6.45) is -0.545. The van der Waals surface area contributed by atoms with Gasteiger partial charge in [0.25, 0.3) is 0 Å². The van der Waals surface area contributed by atoms with Crippen molar-refractivity contribution < 1.29 is 5.11 Å². The lowest BCUT2D eigenvalue weighted by Crippen LogP contribution is -2.25. The molecule has 1 aromatic carbocycles. The van der Waals surface area contributed by atoms with Gasteiger partial charge in [0, 0.05) is 0 Å². The molecule has 14 heavy (non-hydrogen) atoms. The summed E-state index contributed by atoms with van der Waals surface area (Å²) in [5.41, 5.74) is 1.01. The maximum atomic E-state index is 10.4. The Balaban J connectivity index is 2.53. The first kappa shape index (κ1) is 10.7. The highest BCUT2D eigenvalue weighted by Crippen LogP contribution is 2.05. The second-order valence-corrected chi connectivity index (χ2v) is 3.26. The first-order valence-electron chi connectivity index (χ1n) is 4.52. The zero-order valence-electron chi connectivity index (χ0n) is 8.13. The van der Waals surface area contributed by atoms with E-state index in [0.717, 1.165) is 5.56 Å². The molecule has 0 saturated carbocycles. The molecule has 0 bridgehead atoms. The number of hydrogen-bond donors (Lipinski definition) is 1. The smallest absolute Gasteiger partial charge is 0.0705 e. The van der Waals surface area contributed by atoms with Crippen LogP contribution in [0.5, 0.6) is 0 Å². The van der Waals surface area contributed by atoms with Crippen molar-refractivity contribution >= 4 is 0 Å². The average molecular weight is 194 g/mol. The van der Waals surface area contributed by atoms with E-state index in [1.165, 1.54) is 5.01 Å². The van der Waals surface area contributed by atoms with Crippen LogP contribution >= 0.6 is 0 Å². The summed E-state index contributed by atoms with van der Waals surface area (Å²) < 4.78 is 0. The summed E-state index contributed by atoms with van der Waals surface area (Å²) in [7, 11) is 0. The van der Waals surface area contributed by atoms with E-state index in [4.69, 9.17) is 5.11 Å². The Morgan fingerprint density at radius 2 is 2.07 bits per heavy atom. The maximum absolute atomic E-state index is 10.4. The predicted molar refractivity (Wildman–Crippen MR) is 54.3 cm³/mol. The molecule has 0 amide bonds. The van der Waals surface area contributed by atoms with E-state index in [1.54, 1.807) is 6.92 Å². The number of aliphatic hydroxyl groups excluding tert-OH is 1. The number of nitroso groups, excluding NO2 is 1. The minimum absolute atomic E-state index is 0.262. The topological polar surface area (TPSA) is 52.9 Å². The third-order valence-corrected chi connectivity index (χ3v) is 1.80. The number of rotatable bonds is 5. The van der Waals surface area contributed by atoms with Crippen molar-refractivity contribution in [2.24, 2.45) is 5.29 Å². The summed E-state index contributed by atoms with van der Waals surface area (Å²) >= 11 is 0. The summed E-state index contributed by atoms with van der Waals surface area (Å²) in [6.45, 7) is 2.33. The van der Waals surface area contributed by atoms with Gasteiger partial charge >= 0.3 is 0 Å². The Hall–Kier alpha value is -1.42. The highest BCUT2D eigenvalue weighted by atomic mass is 16.3. The lowest BCUT2D eigenvalue weighted by Gasteiger charge is -2.16. The van der Waals surface area contributed by atoms with Crippen LogP contribution in [-0.4, -0.2) is 22.8 Å².